The molecule has 0 aliphatic heterocycles. The van der Waals surface area contributed by atoms with E-state index in [1.165, 1.54) is 10.4 Å². The van der Waals surface area contributed by atoms with Gasteiger partial charge in [0.2, 0.25) is 0 Å². The molecular weight excluding hydrogens is 208 g/mol. The zero-order valence-electron chi connectivity index (χ0n) is 9.28. The Morgan fingerprint density at radius 1 is 1.60 bits per heavy atom. The minimum absolute atomic E-state index is 0.0688. The zero-order valence-corrected chi connectivity index (χ0v) is 10.1. The van der Waals surface area contributed by atoms with Crippen LogP contribution in [0.1, 0.15) is 37.1 Å². The van der Waals surface area contributed by atoms with E-state index in [0.717, 1.165) is 6.42 Å². The summed E-state index contributed by atoms with van der Waals surface area (Å²) in [6.07, 6.45) is 0.998. The van der Waals surface area contributed by atoms with Crippen LogP contribution in [0.4, 0.5) is 0 Å². The Bertz CT molecular complexity index is 392. The summed E-state index contributed by atoms with van der Waals surface area (Å²) in [7, 11) is 0. The fraction of sp³-hybridized carbons (Fsp3) is 0.583. The molecule has 0 aromatic carbocycles. The van der Waals surface area contributed by atoms with Crippen molar-refractivity contribution in [3.8, 4) is 0 Å². The average molecular weight is 224 g/mol. The number of aliphatic carboxylic acids is 1. The summed E-state index contributed by atoms with van der Waals surface area (Å²) in [5.74, 6) is -0.619. The van der Waals surface area contributed by atoms with Crippen LogP contribution in [0.3, 0.4) is 0 Å². The highest BCUT2D eigenvalue weighted by molar-refractivity contribution is 7.10. The maximum Gasteiger partial charge on any atom is 0.307 e. The number of hydrogen-bond donors (Lipinski definition) is 1. The molecule has 1 N–H and O–H groups in total. The fourth-order valence-corrected chi connectivity index (χ4v) is 3.83. The summed E-state index contributed by atoms with van der Waals surface area (Å²) >= 11 is 1.70. The van der Waals surface area contributed by atoms with Gasteiger partial charge in [0.1, 0.15) is 0 Å². The van der Waals surface area contributed by atoms with Gasteiger partial charge in [-0.3, -0.25) is 4.79 Å². The van der Waals surface area contributed by atoms with Crippen molar-refractivity contribution in [3.05, 3.63) is 21.9 Å². The topological polar surface area (TPSA) is 37.3 Å². The van der Waals surface area contributed by atoms with Gasteiger partial charge in [0.25, 0.3) is 0 Å². The van der Waals surface area contributed by atoms with Gasteiger partial charge in [-0.05, 0) is 28.8 Å². The summed E-state index contributed by atoms with van der Waals surface area (Å²) in [5, 5.41) is 11.2. The third kappa shape index (κ3) is 1.49. The van der Waals surface area contributed by atoms with E-state index in [4.69, 9.17) is 5.11 Å². The number of thiophene rings is 1. The number of hydrogen-bond acceptors (Lipinski definition) is 2. The predicted molar refractivity (Wildman–Crippen MR) is 61.3 cm³/mol. The molecule has 82 valence electrons. The van der Waals surface area contributed by atoms with Gasteiger partial charge in [0.15, 0.2) is 0 Å². The third-order valence-corrected chi connectivity index (χ3v) is 4.58. The first kappa shape index (κ1) is 10.7. The second kappa shape index (κ2) is 3.34. The largest absolute Gasteiger partial charge is 0.481 e. The Kier molecular flexibility index (Phi) is 2.38. The van der Waals surface area contributed by atoms with Crippen LogP contribution in [0.25, 0.3) is 0 Å². The normalized spacial score (nSPS) is 27.7. The molecule has 1 aromatic rings. The van der Waals surface area contributed by atoms with E-state index in [9.17, 15) is 4.79 Å². The smallest absolute Gasteiger partial charge is 0.307 e. The van der Waals surface area contributed by atoms with E-state index in [1.54, 1.807) is 11.3 Å². The molecular formula is C12H16O2S. The van der Waals surface area contributed by atoms with Crippen LogP contribution < -0.4 is 0 Å². The highest BCUT2D eigenvalue weighted by atomic mass is 32.1. The van der Waals surface area contributed by atoms with Crippen LogP contribution >= 0.6 is 11.3 Å². The lowest BCUT2D eigenvalue weighted by Crippen LogP contribution is -2.03. The quantitative estimate of drug-likeness (QED) is 0.856. The molecule has 3 heteroatoms. The van der Waals surface area contributed by atoms with Gasteiger partial charge in [-0.2, -0.15) is 0 Å². The first-order valence-electron chi connectivity index (χ1n) is 5.29. The molecule has 0 radical (unpaired) electrons. The standard InChI is InChI=1S/C12H16O2S/c1-4-7-5-6-15-10(7)8-9(11(13)14)12(8,2)3/h5-6,8-9H,4H2,1-3H3,(H,13,14)/t8-,9-/m1/s1. The summed E-state index contributed by atoms with van der Waals surface area (Å²) in [4.78, 5) is 12.4. The molecule has 1 aliphatic carbocycles. The van der Waals surface area contributed by atoms with Crippen molar-refractivity contribution in [2.75, 3.05) is 0 Å². The Morgan fingerprint density at radius 2 is 2.27 bits per heavy atom. The maximum absolute atomic E-state index is 11.1. The lowest BCUT2D eigenvalue weighted by atomic mass is 10.1. The summed E-state index contributed by atoms with van der Waals surface area (Å²) in [6.45, 7) is 6.22. The Balaban J connectivity index is 2.31. The van der Waals surface area contributed by atoms with Crippen molar-refractivity contribution in [1.29, 1.82) is 0 Å². The lowest BCUT2D eigenvalue weighted by Gasteiger charge is -2.02. The van der Waals surface area contributed by atoms with Gasteiger partial charge >= 0.3 is 5.97 Å². The molecule has 1 aliphatic rings. The highest BCUT2D eigenvalue weighted by Crippen LogP contribution is 2.65. The molecule has 0 unspecified atom stereocenters. The Labute approximate surface area is 93.9 Å². The van der Waals surface area contributed by atoms with Crippen molar-refractivity contribution in [2.24, 2.45) is 11.3 Å². The summed E-state index contributed by atoms with van der Waals surface area (Å²) in [5.41, 5.74) is 1.25. The van der Waals surface area contributed by atoms with Crippen molar-refractivity contribution in [1.82, 2.24) is 0 Å². The van der Waals surface area contributed by atoms with E-state index in [-0.39, 0.29) is 17.3 Å². The molecule has 2 rings (SSSR count). The van der Waals surface area contributed by atoms with Crippen LogP contribution in [0.15, 0.2) is 11.4 Å². The van der Waals surface area contributed by atoms with E-state index in [0.29, 0.717) is 0 Å². The van der Waals surface area contributed by atoms with Gasteiger partial charge in [-0.15, -0.1) is 11.3 Å². The first-order chi connectivity index (χ1) is 7.00. The molecule has 2 nitrogen and oxygen atoms in total. The van der Waals surface area contributed by atoms with Gasteiger partial charge < -0.3 is 5.11 Å². The third-order valence-electron chi connectivity index (χ3n) is 3.54. The number of rotatable bonds is 3. The molecule has 1 aromatic heterocycles. The first-order valence-corrected chi connectivity index (χ1v) is 6.17. The average Bonchev–Trinajstić information content (AvgIpc) is 2.58. The Morgan fingerprint density at radius 3 is 2.73 bits per heavy atom. The minimum Gasteiger partial charge on any atom is -0.481 e. The molecule has 0 saturated heterocycles. The minimum atomic E-state index is -0.652. The van der Waals surface area contributed by atoms with Crippen molar-refractivity contribution in [2.45, 2.75) is 33.1 Å². The van der Waals surface area contributed by atoms with Gasteiger partial charge in [0.05, 0.1) is 5.92 Å². The molecule has 0 bridgehead atoms. The van der Waals surface area contributed by atoms with E-state index in [2.05, 4.69) is 32.2 Å². The molecule has 1 fully saturated rings. The highest BCUT2D eigenvalue weighted by Gasteiger charge is 2.63. The van der Waals surface area contributed by atoms with Gasteiger partial charge in [-0.1, -0.05) is 20.8 Å². The second-order valence-corrected chi connectivity index (χ2v) is 5.73. The summed E-state index contributed by atoms with van der Waals surface area (Å²) < 4.78 is 0. The Hall–Kier alpha value is -0.830. The van der Waals surface area contributed by atoms with Crippen molar-refractivity contribution < 1.29 is 9.90 Å². The lowest BCUT2D eigenvalue weighted by molar-refractivity contribution is -0.139. The van der Waals surface area contributed by atoms with Crippen molar-refractivity contribution in [3.63, 3.8) is 0 Å². The van der Waals surface area contributed by atoms with Crippen LogP contribution in [-0.2, 0) is 11.2 Å². The molecule has 1 saturated carbocycles. The molecule has 0 spiro atoms. The predicted octanol–water partition coefficient (Wildman–Crippen LogP) is 3.13. The molecule has 0 amide bonds. The van der Waals surface area contributed by atoms with Crippen LogP contribution in [0.5, 0.6) is 0 Å². The zero-order chi connectivity index (χ0) is 11.2. The number of carboxylic acid groups (broad SMARTS) is 1. The number of carboxylic acids is 1. The maximum atomic E-state index is 11.1. The number of carbonyl (C=O) groups is 1. The molecule has 15 heavy (non-hydrogen) atoms. The van der Waals surface area contributed by atoms with E-state index in [1.807, 2.05) is 0 Å². The van der Waals surface area contributed by atoms with Gasteiger partial charge in [0, 0.05) is 10.8 Å². The van der Waals surface area contributed by atoms with Crippen molar-refractivity contribution >= 4 is 17.3 Å². The van der Waals surface area contributed by atoms with E-state index >= 15 is 0 Å². The molecule has 2 atom stereocenters. The monoisotopic (exact) mass is 224 g/mol. The SMILES string of the molecule is CCc1ccsc1[C@H]1[C@H](C(=O)O)C1(C)C. The van der Waals surface area contributed by atoms with Gasteiger partial charge in [-0.25, -0.2) is 0 Å². The van der Waals surface area contributed by atoms with E-state index < -0.39 is 5.97 Å². The molecule has 1 heterocycles. The van der Waals surface area contributed by atoms with Crippen LogP contribution in [0.2, 0.25) is 0 Å². The number of aryl methyl sites for hydroxylation is 1. The van der Waals surface area contributed by atoms with Crippen LogP contribution in [0, 0.1) is 11.3 Å². The summed E-state index contributed by atoms with van der Waals surface area (Å²) in [6, 6.07) is 2.12. The fourth-order valence-electron chi connectivity index (χ4n) is 2.50. The van der Waals surface area contributed by atoms with Crippen LogP contribution in [-0.4, -0.2) is 11.1 Å². The second-order valence-electron chi connectivity index (χ2n) is 4.78.